The van der Waals surface area contributed by atoms with Gasteiger partial charge in [-0.3, -0.25) is 14.4 Å². The van der Waals surface area contributed by atoms with Gasteiger partial charge in [0.15, 0.2) is 0 Å². The molecule has 2 atom stereocenters. The highest BCUT2D eigenvalue weighted by Crippen LogP contribution is 2.57. The van der Waals surface area contributed by atoms with E-state index >= 15 is 0 Å². The first kappa shape index (κ1) is 15.5. The average molecular weight is 316 g/mol. The Morgan fingerprint density at radius 1 is 1.09 bits per heavy atom. The molecule has 2 aliphatic rings. The minimum atomic E-state index is -0.951. The summed E-state index contributed by atoms with van der Waals surface area (Å²) in [4.78, 5) is 34.4. The second-order valence-corrected chi connectivity index (χ2v) is 6.25. The summed E-state index contributed by atoms with van der Waals surface area (Å²) in [5.74, 6) is 0.138. The van der Waals surface area contributed by atoms with E-state index in [2.05, 4.69) is 10.6 Å². The molecule has 0 bridgehead atoms. The van der Waals surface area contributed by atoms with Crippen LogP contribution in [0, 0.1) is 17.8 Å². The van der Waals surface area contributed by atoms with Crippen molar-refractivity contribution in [3.63, 3.8) is 0 Å². The van der Waals surface area contributed by atoms with E-state index in [0.29, 0.717) is 23.1 Å². The third-order valence-electron chi connectivity index (χ3n) is 4.75. The maximum atomic E-state index is 12.2. The second-order valence-electron chi connectivity index (χ2n) is 6.25. The van der Waals surface area contributed by atoms with Crippen LogP contribution >= 0.6 is 0 Å². The van der Waals surface area contributed by atoms with Gasteiger partial charge in [0.2, 0.25) is 5.91 Å². The van der Waals surface area contributed by atoms with Gasteiger partial charge >= 0.3 is 5.97 Å². The molecule has 2 unspecified atom stereocenters. The molecule has 0 aliphatic heterocycles. The molecule has 0 heterocycles. The van der Waals surface area contributed by atoms with Gasteiger partial charge in [-0.05, 0) is 48.9 Å². The van der Waals surface area contributed by atoms with Crippen LogP contribution in [0.25, 0.3) is 0 Å². The lowest BCUT2D eigenvalue weighted by Gasteiger charge is -2.08. The zero-order chi connectivity index (χ0) is 16.4. The van der Waals surface area contributed by atoms with Gasteiger partial charge in [-0.2, -0.15) is 0 Å². The van der Waals surface area contributed by atoms with Gasteiger partial charge in [0.25, 0.3) is 5.91 Å². The van der Waals surface area contributed by atoms with Crippen LogP contribution in [0.5, 0.6) is 0 Å². The van der Waals surface area contributed by atoms with Crippen LogP contribution in [0.4, 0.5) is 5.69 Å². The van der Waals surface area contributed by atoms with Gasteiger partial charge in [0, 0.05) is 23.7 Å². The van der Waals surface area contributed by atoms with Crippen molar-refractivity contribution in [2.75, 3.05) is 11.9 Å². The van der Waals surface area contributed by atoms with Gasteiger partial charge < -0.3 is 15.7 Å². The van der Waals surface area contributed by atoms with Crippen LogP contribution in [-0.4, -0.2) is 29.4 Å². The van der Waals surface area contributed by atoms with E-state index in [9.17, 15) is 14.4 Å². The van der Waals surface area contributed by atoms with Crippen molar-refractivity contribution in [2.24, 2.45) is 17.8 Å². The fraction of sp³-hybridized carbons (Fsp3) is 0.471. The van der Waals surface area contributed by atoms with Crippen LogP contribution in [0.15, 0.2) is 24.3 Å². The van der Waals surface area contributed by atoms with E-state index in [-0.39, 0.29) is 30.7 Å². The highest BCUT2D eigenvalue weighted by Gasteiger charge is 2.56. The SMILES string of the molecule is O=C(O)CCNC(=O)c1ccc(NC(=O)C2C3CCCC32)cc1. The summed E-state index contributed by atoms with van der Waals surface area (Å²) in [6.07, 6.45) is 3.46. The number of benzene rings is 1. The molecule has 2 aliphatic carbocycles. The number of rotatable bonds is 6. The Balaban J connectivity index is 1.50. The Hall–Kier alpha value is -2.37. The maximum absolute atomic E-state index is 12.2. The summed E-state index contributed by atoms with van der Waals surface area (Å²) in [6.45, 7) is 0.0944. The Labute approximate surface area is 134 Å². The zero-order valence-electron chi connectivity index (χ0n) is 12.7. The van der Waals surface area contributed by atoms with Crippen molar-refractivity contribution in [1.82, 2.24) is 5.32 Å². The van der Waals surface area contributed by atoms with Crippen LogP contribution in [0.2, 0.25) is 0 Å². The number of carboxylic acid groups (broad SMARTS) is 1. The smallest absolute Gasteiger partial charge is 0.305 e. The third-order valence-corrected chi connectivity index (χ3v) is 4.75. The van der Waals surface area contributed by atoms with E-state index in [0.717, 1.165) is 12.8 Å². The van der Waals surface area contributed by atoms with Crippen molar-refractivity contribution in [3.8, 4) is 0 Å². The number of amides is 2. The number of carbonyl (C=O) groups is 3. The number of hydrogen-bond donors (Lipinski definition) is 3. The number of carboxylic acids is 1. The molecule has 0 spiro atoms. The van der Waals surface area contributed by atoms with Gasteiger partial charge in [-0.15, -0.1) is 0 Å². The molecular formula is C17H20N2O4. The molecule has 122 valence electrons. The fourth-order valence-electron chi connectivity index (χ4n) is 3.53. The standard InChI is InChI=1S/C17H20N2O4/c20-14(21)8-9-18-16(22)10-4-6-11(7-5-10)19-17(23)15-12-2-1-3-13(12)15/h4-7,12-13,15H,1-3,8-9H2,(H,18,22)(H,19,23)(H,20,21). The summed E-state index contributed by atoms with van der Waals surface area (Å²) >= 11 is 0. The number of fused-ring (bicyclic) bond motifs is 1. The molecule has 6 nitrogen and oxygen atoms in total. The van der Waals surface area contributed by atoms with Crippen LogP contribution in [0.1, 0.15) is 36.0 Å². The summed E-state index contributed by atoms with van der Waals surface area (Å²) in [5, 5.41) is 14.0. The molecule has 1 aromatic rings. The number of aliphatic carboxylic acids is 1. The van der Waals surface area contributed by atoms with E-state index < -0.39 is 5.97 Å². The monoisotopic (exact) mass is 316 g/mol. The largest absolute Gasteiger partial charge is 0.481 e. The van der Waals surface area contributed by atoms with Gasteiger partial charge in [0.05, 0.1) is 6.42 Å². The summed E-state index contributed by atoms with van der Waals surface area (Å²) in [5.41, 5.74) is 1.12. The van der Waals surface area contributed by atoms with Gasteiger partial charge in [-0.1, -0.05) is 6.42 Å². The molecule has 3 rings (SSSR count). The lowest BCUT2D eigenvalue weighted by Crippen LogP contribution is -2.26. The van der Waals surface area contributed by atoms with Crippen molar-refractivity contribution >= 4 is 23.5 Å². The third kappa shape index (κ3) is 3.52. The lowest BCUT2D eigenvalue weighted by atomic mass is 10.1. The maximum Gasteiger partial charge on any atom is 0.305 e. The number of hydrogen-bond acceptors (Lipinski definition) is 3. The molecule has 23 heavy (non-hydrogen) atoms. The quantitative estimate of drug-likeness (QED) is 0.746. The minimum absolute atomic E-state index is 0.0818. The summed E-state index contributed by atoms with van der Waals surface area (Å²) < 4.78 is 0. The molecule has 2 fully saturated rings. The van der Waals surface area contributed by atoms with Gasteiger partial charge in [-0.25, -0.2) is 0 Å². The molecule has 0 radical (unpaired) electrons. The number of nitrogens with one attached hydrogen (secondary N) is 2. The molecule has 0 saturated heterocycles. The Bertz CT molecular complexity index is 616. The molecule has 0 aromatic heterocycles. The highest BCUT2D eigenvalue weighted by molar-refractivity contribution is 5.97. The molecule has 6 heteroatoms. The predicted octanol–water partition coefficient (Wildman–Crippen LogP) is 1.88. The average Bonchev–Trinajstić information content (AvgIpc) is 3.01. The van der Waals surface area contributed by atoms with Crippen LogP contribution < -0.4 is 10.6 Å². The number of carbonyl (C=O) groups excluding carboxylic acids is 2. The van der Waals surface area contributed by atoms with Gasteiger partial charge in [0.1, 0.15) is 0 Å². The lowest BCUT2D eigenvalue weighted by molar-refractivity contribution is -0.136. The fourth-order valence-corrected chi connectivity index (χ4v) is 3.53. The summed E-state index contributed by atoms with van der Waals surface area (Å²) in [7, 11) is 0. The second kappa shape index (κ2) is 6.40. The Kier molecular flexibility index (Phi) is 4.32. The van der Waals surface area contributed by atoms with E-state index in [1.54, 1.807) is 24.3 Å². The van der Waals surface area contributed by atoms with E-state index in [4.69, 9.17) is 5.11 Å². The molecule has 2 amide bonds. The summed E-state index contributed by atoms with van der Waals surface area (Å²) in [6, 6.07) is 6.64. The van der Waals surface area contributed by atoms with Crippen molar-refractivity contribution in [1.29, 1.82) is 0 Å². The highest BCUT2D eigenvalue weighted by atomic mass is 16.4. The zero-order valence-corrected chi connectivity index (χ0v) is 12.7. The predicted molar refractivity (Wildman–Crippen MR) is 84.0 cm³/mol. The van der Waals surface area contributed by atoms with Crippen LogP contribution in [-0.2, 0) is 9.59 Å². The van der Waals surface area contributed by atoms with E-state index in [1.807, 2.05) is 0 Å². The normalized spacial score (nSPS) is 24.6. The molecule has 1 aromatic carbocycles. The topological polar surface area (TPSA) is 95.5 Å². The van der Waals surface area contributed by atoms with Crippen molar-refractivity contribution in [3.05, 3.63) is 29.8 Å². The minimum Gasteiger partial charge on any atom is -0.481 e. The number of anilines is 1. The Morgan fingerprint density at radius 3 is 2.35 bits per heavy atom. The van der Waals surface area contributed by atoms with Crippen molar-refractivity contribution in [2.45, 2.75) is 25.7 Å². The van der Waals surface area contributed by atoms with E-state index in [1.165, 1.54) is 6.42 Å². The first-order valence-electron chi connectivity index (χ1n) is 7.97. The molecular weight excluding hydrogens is 296 g/mol. The first-order valence-corrected chi connectivity index (χ1v) is 7.97. The van der Waals surface area contributed by atoms with Crippen molar-refractivity contribution < 1.29 is 19.5 Å². The first-order chi connectivity index (χ1) is 11.1. The van der Waals surface area contributed by atoms with Crippen LogP contribution in [0.3, 0.4) is 0 Å². The molecule has 3 N–H and O–H groups in total. The molecule has 2 saturated carbocycles. The Morgan fingerprint density at radius 2 is 1.74 bits per heavy atom.